The van der Waals surface area contributed by atoms with Gasteiger partial charge in [-0.2, -0.15) is 0 Å². The monoisotopic (exact) mass is 591 g/mol. The summed E-state index contributed by atoms with van der Waals surface area (Å²) < 4.78 is 32.3. The number of ether oxygens (including phenoxy) is 1. The molecule has 4 rings (SSSR count). The second-order valence-electron chi connectivity index (χ2n) is 11.0. The van der Waals surface area contributed by atoms with Crippen LogP contribution in [-0.4, -0.2) is 57.1 Å². The van der Waals surface area contributed by atoms with Crippen molar-refractivity contribution in [1.29, 1.82) is 0 Å². The van der Waals surface area contributed by atoms with E-state index in [4.69, 9.17) is 4.74 Å². The van der Waals surface area contributed by atoms with Gasteiger partial charge in [-0.1, -0.05) is 85.5 Å². The first kappa shape index (κ1) is 31.1. The number of rotatable bonds is 12. The Hall–Kier alpha value is -3.85. The molecule has 1 N–H and O–H groups in total. The molecule has 8 nitrogen and oxygen atoms in total. The minimum atomic E-state index is -3.85. The highest BCUT2D eigenvalue weighted by Crippen LogP contribution is 2.25. The van der Waals surface area contributed by atoms with Crippen molar-refractivity contribution in [3.63, 3.8) is 0 Å². The minimum Gasteiger partial charge on any atom is -0.497 e. The maximum Gasteiger partial charge on any atom is 0.244 e. The van der Waals surface area contributed by atoms with Crippen LogP contribution in [0.1, 0.15) is 48.8 Å². The van der Waals surface area contributed by atoms with Crippen molar-refractivity contribution in [2.45, 2.75) is 64.1 Å². The SMILES string of the molecule is COc1cccc(N(CC(=O)N(Cc2cccc(C)c2)[C@@H](Cc2ccccc2)C(=O)NC2CCCCC2)S(C)(=O)=O)c1. The summed E-state index contributed by atoms with van der Waals surface area (Å²) >= 11 is 0. The van der Waals surface area contributed by atoms with Gasteiger partial charge in [-0.25, -0.2) is 8.42 Å². The summed E-state index contributed by atoms with van der Waals surface area (Å²) in [6.45, 7) is 1.67. The zero-order valence-electron chi connectivity index (χ0n) is 24.7. The van der Waals surface area contributed by atoms with E-state index >= 15 is 0 Å². The van der Waals surface area contributed by atoms with Crippen molar-refractivity contribution in [1.82, 2.24) is 10.2 Å². The van der Waals surface area contributed by atoms with Crippen molar-refractivity contribution in [2.24, 2.45) is 0 Å². The first-order chi connectivity index (χ1) is 20.1. The smallest absolute Gasteiger partial charge is 0.244 e. The number of hydrogen-bond acceptors (Lipinski definition) is 5. The largest absolute Gasteiger partial charge is 0.497 e. The number of aryl methyl sites for hydroxylation is 1. The molecule has 0 aliphatic heterocycles. The van der Waals surface area contributed by atoms with Gasteiger partial charge in [0.25, 0.3) is 0 Å². The average molecular weight is 592 g/mol. The Bertz CT molecular complexity index is 1460. The third-order valence-corrected chi connectivity index (χ3v) is 8.82. The van der Waals surface area contributed by atoms with Crippen molar-refractivity contribution >= 4 is 27.5 Å². The Labute approximate surface area is 249 Å². The van der Waals surface area contributed by atoms with Crippen LogP contribution in [0.25, 0.3) is 0 Å². The lowest BCUT2D eigenvalue weighted by Gasteiger charge is -2.35. The molecule has 0 heterocycles. The molecule has 224 valence electrons. The van der Waals surface area contributed by atoms with Crippen molar-refractivity contribution in [3.8, 4) is 5.75 Å². The van der Waals surface area contributed by atoms with E-state index in [0.29, 0.717) is 17.9 Å². The second-order valence-corrected chi connectivity index (χ2v) is 12.9. The normalized spacial score (nSPS) is 14.5. The number of nitrogens with one attached hydrogen (secondary N) is 1. The minimum absolute atomic E-state index is 0.0600. The molecule has 0 bridgehead atoms. The lowest BCUT2D eigenvalue weighted by molar-refractivity contribution is -0.140. The average Bonchev–Trinajstić information content (AvgIpc) is 2.98. The van der Waals surface area contributed by atoms with Crippen LogP contribution in [-0.2, 0) is 32.6 Å². The highest BCUT2D eigenvalue weighted by molar-refractivity contribution is 7.92. The molecule has 1 aliphatic carbocycles. The van der Waals surface area contributed by atoms with Gasteiger partial charge in [-0.15, -0.1) is 0 Å². The van der Waals surface area contributed by atoms with E-state index in [-0.39, 0.29) is 18.5 Å². The number of benzene rings is 3. The number of amides is 2. The summed E-state index contributed by atoms with van der Waals surface area (Å²) in [5.41, 5.74) is 3.11. The summed E-state index contributed by atoms with van der Waals surface area (Å²) in [5.74, 6) is -0.220. The topological polar surface area (TPSA) is 96.0 Å². The third kappa shape index (κ3) is 8.58. The third-order valence-electron chi connectivity index (χ3n) is 7.68. The predicted molar refractivity (Wildman–Crippen MR) is 166 cm³/mol. The van der Waals surface area contributed by atoms with Crippen LogP contribution in [0, 0.1) is 6.92 Å². The fourth-order valence-corrected chi connectivity index (χ4v) is 6.33. The van der Waals surface area contributed by atoms with Gasteiger partial charge in [0.1, 0.15) is 18.3 Å². The van der Waals surface area contributed by atoms with Gasteiger partial charge < -0.3 is 15.0 Å². The fourth-order valence-electron chi connectivity index (χ4n) is 5.48. The molecule has 1 fully saturated rings. The molecular formula is C33H41N3O5S. The number of sulfonamides is 1. The molecule has 0 unspecified atom stereocenters. The number of anilines is 1. The van der Waals surface area contributed by atoms with Gasteiger partial charge in [-0.05, 0) is 43.0 Å². The van der Waals surface area contributed by atoms with E-state index in [0.717, 1.165) is 59.4 Å². The van der Waals surface area contributed by atoms with E-state index in [1.165, 1.54) is 12.0 Å². The van der Waals surface area contributed by atoms with Gasteiger partial charge in [0.2, 0.25) is 21.8 Å². The number of nitrogens with zero attached hydrogens (tertiary/aromatic N) is 2. The van der Waals surface area contributed by atoms with Crippen LogP contribution in [0.3, 0.4) is 0 Å². The maximum atomic E-state index is 14.3. The second kappa shape index (κ2) is 14.4. The van der Waals surface area contributed by atoms with Crippen LogP contribution >= 0.6 is 0 Å². The Morgan fingerprint density at radius 2 is 1.62 bits per heavy atom. The molecule has 1 aliphatic rings. The molecule has 0 spiro atoms. The molecule has 0 radical (unpaired) electrons. The molecule has 1 atom stereocenters. The molecule has 0 aromatic heterocycles. The van der Waals surface area contributed by atoms with E-state index in [2.05, 4.69) is 5.32 Å². The van der Waals surface area contributed by atoms with Crippen molar-refractivity contribution in [3.05, 3.63) is 95.6 Å². The van der Waals surface area contributed by atoms with Crippen molar-refractivity contribution in [2.75, 3.05) is 24.2 Å². The van der Waals surface area contributed by atoms with Crippen LogP contribution in [0.5, 0.6) is 5.75 Å². The van der Waals surface area contributed by atoms with Crippen LogP contribution in [0.2, 0.25) is 0 Å². The van der Waals surface area contributed by atoms with Gasteiger partial charge in [0.05, 0.1) is 19.1 Å². The number of methoxy groups -OCH3 is 1. The molecule has 3 aromatic carbocycles. The number of carbonyl (C=O) groups excluding carboxylic acids is 2. The van der Waals surface area contributed by atoms with Gasteiger partial charge in [0, 0.05) is 25.1 Å². The lowest BCUT2D eigenvalue weighted by Crippen LogP contribution is -2.55. The standard InChI is InChI=1S/C33H41N3O5S/c1-25-12-10-15-27(20-25)23-35(32(37)24-36(42(3,39)40)29-18-11-19-30(22-29)41-2)31(21-26-13-6-4-7-14-26)33(38)34-28-16-8-5-9-17-28/h4,6-7,10-15,18-20,22,28,31H,5,8-9,16-17,21,23-24H2,1-3H3,(H,34,38)/t31-/m0/s1. The Morgan fingerprint density at radius 1 is 0.929 bits per heavy atom. The summed E-state index contributed by atoms with van der Waals surface area (Å²) in [6.07, 6.45) is 6.47. The van der Waals surface area contributed by atoms with Crippen LogP contribution in [0.15, 0.2) is 78.9 Å². The molecular weight excluding hydrogens is 550 g/mol. The molecule has 9 heteroatoms. The van der Waals surface area contributed by atoms with E-state index < -0.39 is 28.5 Å². The lowest BCUT2D eigenvalue weighted by atomic mass is 9.94. The Balaban J connectivity index is 1.72. The molecule has 2 amide bonds. The first-order valence-electron chi connectivity index (χ1n) is 14.4. The summed E-state index contributed by atoms with van der Waals surface area (Å²) in [7, 11) is -2.35. The Kier molecular flexibility index (Phi) is 10.6. The zero-order chi connectivity index (χ0) is 30.1. The highest BCUT2D eigenvalue weighted by atomic mass is 32.2. The van der Waals surface area contributed by atoms with E-state index in [9.17, 15) is 18.0 Å². The van der Waals surface area contributed by atoms with E-state index in [1.807, 2.05) is 61.5 Å². The zero-order valence-corrected chi connectivity index (χ0v) is 25.5. The van der Waals surface area contributed by atoms with Gasteiger partial charge in [0.15, 0.2) is 0 Å². The predicted octanol–water partition coefficient (Wildman–Crippen LogP) is 4.86. The molecule has 0 saturated heterocycles. The summed E-state index contributed by atoms with van der Waals surface area (Å²) in [5, 5.41) is 3.22. The molecule has 42 heavy (non-hydrogen) atoms. The summed E-state index contributed by atoms with van der Waals surface area (Å²) in [6, 6.07) is 23.2. The van der Waals surface area contributed by atoms with Gasteiger partial charge >= 0.3 is 0 Å². The van der Waals surface area contributed by atoms with Crippen LogP contribution < -0.4 is 14.4 Å². The molecule has 1 saturated carbocycles. The van der Waals surface area contributed by atoms with Crippen molar-refractivity contribution < 1.29 is 22.7 Å². The molecule has 3 aromatic rings. The van der Waals surface area contributed by atoms with E-state index in [1.54, 1.807) is 24.3 Å². The number of carbonyl (C=O) groups is 2. The number of hydrogen-bond donors (Lipinski definition) is 1. The Morgan fingerprint density at radius 3 is 2.29 bits per heavy atom. The first-order valence-corrected chi connectivity index (χ1v) is 16.3. The van der Waals surface area contributed by atoms with Gasteiger partial charge in [-0.3, -0.25) is 13.9 Å². The maximum absolute atomic E-state index is 14.3. The quantitative estimate of drug-likeness (QED) is 0.325. The summed E-state index contributed by atoms with van der Waals surface area (Å²) in [4.78, 5) is 29.8. The fraction of sp³-hybridized carbons (Fsp3) is 0.394. The highest BCUT2D eigenvalue weighted by Gasteiger charge is 2.34. The van der Waals surface area contributed by atoms with Crippen LogP contribution in [0.4, 0.5) is 5.69 Å².